The van der Waals surface area contributed by atoms with Crippen LogP contribution < -0.4 is 5.32 Å². The average molecular weight is 310 g/mol. The van der Waals surface area contributed by atoms with Crippen LogP contribution in [0, 0.1) is 6.92 Å². The molecule has 0 spiro atoms. The van der Waals surface area contributed by atoms with E-state index in [0.29, 0.717) is 19.4 Å². The van der Waals surface area contributed by atoms with E-state index in [1.807, 2.05) is 38.1 Å². The second-order valence-electron chi connectivity index (χ2n) is 5.39. The van der Waals surface area contributed by atoms with Gasteiger partial charge in [-0.1, -0.05) is 25.1 Å². The average Bonchev–Trinajstić information content (AvgIpc) is 2.91. The standard InChI is InChI=1S/C15H22N2O3S/c1-3-11-21(19,20)17-10-6-9-14(17)15(18)16-13-8-5-4-7-12(13)2/h4-5,7-8,14H,3,6,9-11H2,1-2H3,(H,16,18). The fourth-order valence-electron chi connectivity index (χ4n) is 2.64. The summed E-state index contributed by atoms with van der Waals surface area (Å²) in [5.41, 5.74) is 1.70. The van der Waals surface area contributed by atoms with Crippen LogP contribution in [0.2, 0.25) is 0 Å². The monoisotopic (exact) mass is 310 g/mol. The van der Waals surface area contributed by atoms with E-state index in [-0.39, 0.29) is 11.7 Å². The molecule has 2 rings (SSSR count). The summed E-state index contributed by atoms with van der Waals surface area (Å²) in [7, 11) is -3.33. The van der Waals surface area contributed by atoms with E-state index in [9.17, 15) is 13.2 Å². The van der Waals surface area contributed by atoms with Crippen molar-refractivity contribution in [2.24, 2.45) is 0 Å². The van der Waals surface area contributed by atoms with Crippen molar-refractivity contribution < 1.29 is 13.2 Å². The SMILES string of the molecule is CCCS(=O)(=O)N1CCCC1C(=O)Nc1ccccc1C. The maximum Gasteiger partial charge on any atom is 0.242 e. The number of sulfonamides is 1. The minimum atomic E-state index is -3.33. The fraction of sp³-hybridized carbons (Fsp3) is 0.533. The minimum Gasteiger partial charge on any atom is -0.324 e. The lowest BCUT2D eigenvalue weighted by Gasteiger charge is -2.23. The Kier molecular flexibility index (Phi) is 5.00. The highest BCUT2D eigenvalue weighted by molar-refractivity contribution is 7.89. The Labute approximate surface area is 126 Å². The van der Waals surface area contributed by atoms with Crippen LogP contribution in [0.1, 0.15) is 31.7 Å². The molecule has 21 heavy (non-hydrogen) atoms. The van der Waals surface area contributed by atoms with Gasteiger partial charge < -0.3 is 5.32 Å². The summed E-state index contributed by atoms with van der Waals surface area (Å²) in [6, 6.07) is 6.91. The number of benzene rings is 1. The molecule has 0 radical (unpaired) electrons. The Morgan fingerprint density at radius 1 is 1.38 bits per heavy atom. The first-order valence-electron chi connectivity index (χ1n) is 7.31. The number of nitrogens with zero attached hydrogens (tertiary/aromatic N) is 1. The van der Waals surface area contributed by atoms with Gasteiger partial charge in [-0.15, -0.1) is 0 Å². The van der Waals surface area contributed by atoms with Crippen molar-refractivity contribution in [2.75, 3.05) is 17.6 Å². The Morgan fingerprint density at radius 2 is 2.10 bits per heavy atom. The molecule has 116 valence electrons. The Morgan fingerprint density at radius 3 is 2.76 bits per heavy atom. The molecule has 1 aliphatic heterocycles. The number of carbonyl (C=O) groups excluding carboxylic acids is 1. The maximum absolute atomic E-state index is 12.4. The van der Waals surface area contributed by atoms with Crippen molar-refractivity contribution in [3.8, 4) is 0 Å². The largest absolute Gasteiger partial charge is 0.324 e. The number of nitrogens with one attached hydrogen (secondary N) is 1. The number of anilines is 1. The number of para-hydroxylation sites is 1. The predicted molar refractivity (Wildman–Crippen MR) is 83.6 cm³/mol. The zero-order chi connectivity index (χ0) is 15.5. The lowest BCUT2D eigenvalue weighted by Crippen LogP contribution is -2.44. The van der Waals surface area contributed by atoms with Crippen molar-refractivity contribution in [2.45, 2.75) is 39.2 Å². The third kappa shape index (κ3) is 3.63. The topological polar surface area (TPSA) is 66.5 Å². The van der Waals surface area contributed by atoms with Gasteiger partial charge >= 0.3 is 0 Å². The van der Waals surface area contributed by atoms with Crippen molar-refractivity contribution >= 4 is 21.6 Å². The van der Waals surface area contributed by atoms with Crippen LogP contribution in [0.4, 0.5) is 5.69 Å². The summed E-state index contributed by atoms with van der Waals surface area (Å²) in [6.07, 6.45) is 1.88. The normalized spacial score (nSPS) is 19.6. The van der Waals surface area contributed by atoms with Crippen LogP contribution in [-0.4, -0.2) is 37.0 Å². The number of hydrogen-bond acceptors (Lipinski definition) is 3. The third-order valence-electron chi connectivity index (χ3n) is 3.73. The van der Waals surface area contributed by atoms with Gasteiger partial charge in [-0.3, -0.25) is 4.79 Å². The molecule has 1 aromatic rings. The van der Waals surface area contributed by atoms with Crippen molar-refractivity contribution in [1.82, 2.24) is 4.31 Å². The van der Waals surface area contributed by atoms with Gasteiger partial charge in [0.2, 0.25) is 15.9 Å². The molecule has 1 aliphatic rings. The molecule has 1 heterocycles. The van der Waals surface area contributed by atoms with Gasteiger partial charge in [0, 0.05) is 12.2 Å². The molecule has 0 saturated carbocycles. The predicted octanol–water partition coefficient (Wildman–Crippen LogP) is 2.14. The van der Waals surface area contributed by atoms with Crippen molar-refractivity contribution in [1.29, 1.82) is 0 Å². The number of aryl methyl sites for hydroxylation is 1. The zero-order valence-corrected chi connectivity index (χ0v) is 13.3. The van der Waals surface area contributed by atoms with Gasteiger partial charge in [-0.05, 0) is 37.8 Å². The minimum absolute atomic E-state index is 0.0984. The van der Waals surface area contributed by atoms with Crippen molar-refractivity contribution in [3.63, 3.8) is 0 Å². The Bertz CT molecular complexity index is 613. The smallest absolute Gasteiger partial charge is 0.242 e. The van der Waals surface area contributed by atoms with Crippen LogP contribution in [-0.2, 0) is 14.8 Å². The second kappa shape index (κ2) is 6.58. The van der Waals surface area contributed by atoms with Gasteiger partial charge in [-0.2, -0.15) is 4.31 Å². The molecule has 0 bridgehead atoms. The molecular weight excluding hydrogens is 288 g/mol. The molecule has 1 amide bonds. The third-order valence-corrected chi connectivity index (χ3v) is 5.80. The molecule has 0 aliphatic carbocycles. The summed E-state index contributed by atoms with van der Waals surface area (Å²) in [5.74, 6) is -0.136. The highest BCUT2D eigenvalue weighted by Gasteiger charge is 2.38. The van der Waals surface area contributed by atoms with Crippen LogP contribution in [0.15, 0.2) is 24.3 Å². The molecule has 1 atom stereocenters. The van der Waals surface area contributed by atoms with Gasteiger partial charge in [0.05, 0.1) is 5.75 Å². The van der Waals surface area contributed by atoms with E-state index in [1.54, 1.807) is 0 Å². The maximum atomic E-state index is 12.4. The lowest BCUT2D eigenvalue weighted by molar-refractivity contribution is -0.119. The number of carbonyl (C=O) groups is 1. The summed E-state index contributed by atoms with van der Waals surface area (Å²) in [4.78, 5) is 12.4. The van der Waals surface area contributed by atoms with Gasteiger partial charge in [-0.25, -0.2) is 8.42 Å². The van der Waals surface area contributed by atoms with E-state index < -0.39 is 16.1 Å². The van der Waals surface area contributed by atoms with Crippen molar-refractivity contribution in [3.05, 3.63) is 29.8 Å². The van der Waals surface area contributed by atoms with E-state index in [0.717, 1.165) is 17.7 Å². The molecule has 5 nitrogen and oxygen atoms in total. The lowest BCUT2D eigenvalue weighted by atomic mass is 10.1. The highest BCUT2D eigenvalue weighted by atomic mass is 32.2. The quantitative estimate of drug-likeness (QED) is 0.906. The molecule has 1 aromatic carbocycles. The first-order chi connectivity index (χ1) is 9.95. The molecule has 0 aromatic heterocycles. The summed E-state index contributed by atoms with van der Waals surface area (Å²) >= 11 is 0. The molecule has 1 fully saturated rings. The molecule has 6 heteroatoms. The molecule has 1 N–H and O–H groups in total. The van der Waals surface area contributed by atoms with Crippen LogP contribution >= 0.6 is 0 Å². The highest BCUT2D eigenvalue weighted by Crippen LogP contribution is 2.24. The summed E-state index contributed by atoms with van der Waals surface area (Å²) < 4.78 is 25.8. The Hall–Kier alpha value is -1.40. The van der Waals surface area contributed by atoms with E-state index in [4.69, 9.17) is 0 Å². The van der Waals surface area contributed by atoms with Gasteiger partial charge in [0.15, 0.2) is 0 Å². The Balaban J connectivity index is 2.13. The van der Waals surface area contributed by atoms with Crippen LogP contribution in [0.5, 0.6) is 0 Å². The number of hydrogen-bond donors (Lipinski definition) is 1. The fourth-order valence-corrected chi connectivity index (χ4v) is 4.39. The van der Waals surface area contributed by atoms with E-state index >= 15 is 0 Å². The summed E-state index contributed by atoms with van der Waals surface area (Å²) in [6.45, 7) is 4.18. The molecule has 1 unspecified atom stereocenters. The van der Waals surface area contributed by atoms with Crippen LogP contribution in [0.25, 0.3) is 0 Å². The van der Waals surface area contributed by atoms with E-state index in [2.05, 4.69) is 5.32 Å². The van der Waals surface area contributed by atoms with Crippen LogP contribution in [0.3, 0.4) is 0 Å². The zero-order valence-electron chi connectivity index (χ0n) is 12.5. The van der Waals surface area contributed by atoms with E-state index in [1.165, 1.54) is 4.31 Å². The van der Waals surface area contributed by atoms with Gasteiger partial charge in [0.1, 0.15) is 6.04 Å². The summed E-state index contributed by atoms with van der Waals surface area (Å²) in [5, 5.41) is 2.85. The number of amides is 1. The first-order valence-corrected chi connectivity index (χ1v) is 8.92. The first kappa shape index (κ1) is 16.0. The molecule has 1 saturated heterocycles. The second-order valence-corrected chi connectivity index (χ2v) is 7.43. The molecular formula is C15H22N2O3S. The van der Waals surface area contributed by atoms with Gasteiger partial charge in [0.25, 0.3) is 0 Å². The number of rotatable bonds is 5.